The summed E-state index contributed by atoms with van der Waals surface area (Å²) < 4.78 is 0. The van der Waals surface area contributed by atoms with Crippen LogP contribution in [0.3, 0.4) is 0 Å². The standard InChI is InChI=1S/C15H15NO/c1-17-16-15(14-10-6-3-7-11-14)12-13-8-4-2-5-9-13/h2-11H,12H2,1H3/b16-15+. The van der Waals surface area contributed by atoms with Gasteiger partial charge in [-0.2, -0.15) is 0 Å². The van der Waals surface area contributed by atoms with Crippen LogP contribution < -0.4 is 0 Å². The maximum absolute atomic E-state index is 4.92. The van der Waals surface area contributed by atoms with Gasteiger partial charge in [-0.05, 0) is 11.1 Å². The Morgan fingerprint density at radius 1 is 0.941 bits per heavy atom. The second-order valence-electron chi connectivity index (χ2n) is 3.75. The molecule has 0 aliphatic rings. The van der Waals surface area contributed by atoms with Crippen molar-refractivity contribution in [2.24, 2.45) is 5.16 Å². The maximum atomic E-state index is 4.92. The van der Waals surface area contributed by atoms with Crippen LogP contribution in [-0.4, -0.2) is 12.8 Å². The Bertz CT molecular complexity index is 477. The van der Waals surface area contributed by atoms with Crippen molar-refractivity contribution in [1.82, 2.24) is 0 Å². The predicted molar refractivity (Wildman–Crippen MR) is 70.1 cm³/mol. The van der Waals surface area contributed by atoms with Crippen LogP contribution >= 0.6 is 0 Å². The molecule has 0 amide bonds. The third-order valence-corrected chi connectivity index (χ3v) is 2.52. The van der Waals surface area contributed by atoms with Gasteiger partial charge in [0.2, 0.25) is 0 Å². The molecule has 0 atom stereocenters. The molecular weight excluding hydrogens is 210 g/mol. The second kappa shape index (κ2) is 5.85. The van der Waals surface area contributed by atoms with Gasteiger partial charge in [0.15, 0.2) is 0 Å². The van der Waals surface area contributed by atoms with E-state index in [0.717, 1.165) is 17.7 Å². The minimum Gasteiger partial charge on any atom is -0.399 e. The molecule has 2 aromatic carbocycles. The fourth-order valence-electron chi connectivity index (χ4n) is 1.72. The lowest BCUT2D eigenvalue weighted by molar-refractivity contribution is 0.213. The zero-order chi connectivity index (χ0) is 11.9. The Morgan fingerprint density at radius 3 is 2.12 bits per heavy atom. The van der Waals surface area contributed by atoms with Crippen molar-refractivity contribution in [3.05, 3.63) is 71.8 Å². The van der Waals surface area contributed by atoms with Crippen molar-refractivity contribution in [3.8, 4) is 0 Å². The normalized spacial score (nSPS) is 11.2. The van der Waals surface area contributed by atoms with Crippen molar-refractivity contribution < 1.29 is 4.84 Å². The van der Waals surface area contributed by atoms with E-state index in [0.29, 0.717) is 0 Å². The first-order chi connectivity index (χ1) is 8.40. The number of hydrogen-bond donors (Lipinski definition) is 0. The minimum atomic E-state index is 0.776. The van der Waals surface area contributed by atoms with Crippen LogP contribution in [0.25, 0.3) is 0 Å². The van der Waals surface area contributed by atoms with Gasteiger partial charge in [0.1, 0.15) is 7.11 Å². The van der Waals surface area contributed by atoms with E-state index < -0.39 is 0 Å². The second-order valence-corrected chi connectivity index (χ2v) is 3.75. The molecule has 0 aliphatic heterocycles. The molecule has 0 N–H and O–H groups in total. The summed E-state index contributed by atoms with van der Waals surface area (Å²) in [5.74, 6) is 0. The highest BCUT2D eigenvalue weighted by Crippen LogP contribution is 2.08. The molecule has 0 heterocycles. The SMILES string of the molecule is CO/N=C(\Cc1ccccc1)c1ccccc1. The first-order valence-corrected chi connectivity index (χ1v) is 5.59. The Kier molecular flexibility index (Phi) is 3.92. The molecule has 17 heavy (non-hydrogen) atoms. The molecule has 0 aromatic heterocycles. The fraction of sp³-hybridized carbons (Fsp3) is 0.133. The van der Waals surface area contributed by atoms with Crippen LogP contribution in [-0.2, 0) is 11.3 Å². The van der Waals surface area contributed by atoms with E-state index in [-0.39, 0.29) is 0 Å². The first-order valence-electron chi connectivity index (χ1n) is 5.59. The number of rotatable bonds is 4. The highest BCUT2D eigenvalue weighted by Gasteiger charge is 2.05. The topological polar surface area (TPSA) is 21.6 Å². The van der Waals surface area contributed by atoms with E-state index in [1.807, 2.05) is 48.5 Å². The molecule has 2 heteroatoms. The Balaban J connectivity index is 2.23. The molecule has 0 spiro atoms. The van der Waals surface area contributed by atoms with Crippen molar-refractivity contribution in [2.45, 2.75) is 6.42 Å². The summed E-state index contributed by atoms with van der Waals surface area (Å²) in [5, 5.41) is 4.11. The smallest absolute Gasteiger partial charge is 0.106 e. The molecule has 0 fully saturated rings. The number of nitrogens with zero attached hydrogens (tertiary/aromatic N) is 1. The summed E-state index contributed by atoms with van der Waals surface area (Å²) in [6.45, 7) is 0. The van der Waals surface area contributed by atoms with Crippen LogP contribution in [0.2, 0.25) is 0 Å². The van der Waals surface area contributed by atoms with Gasteiger partial charge >= 0.3 is 0 Å². The van der Waals surface area contributed by atoms with Gasteiger partial charge in [0.05, 0.1) is 5.71 Å². The molecule has 0 radical (unpaired) electrons. The third kappa shape index (κ3) is 3.18. The Labute approximate surface area is 102 Å². The highest BCUT2D eigenvalue weighted by molar-refractivity contribution is 6.01. The third-order valence-electron chi connectivity index (χ3n) is 2.52. The van der Waals surface area contributed by atoms with Crippen LogP contribution in [0.15, 0.2) is 65.8 Å². The average molecular weight is 225 g/mol. The summed E-state index contributed by atoms with van der Waals surface area (Å²) >= 11 is 0. The van der Waals surface area contributed by atoms with E-state index in [9.17, 15) is 0 Å². The largest absolute Gasteiger partial charge is 0.399 e. The molecule has 0 saturated heterocycles. The monoisotopic (exact) mass is 225 g/mol. The van der Waals surface area contributed by atoms with Crippen molar-refractivity contribution in [1.29, 1.82) is 0 Å². The van der Waals surface area contributed by atoms with Gasteiger partial charge in [0, 0.05) is 6.42 Å². The minimum absolute atomic E-state index is 0.776. The molecule has 86 valence electrons. The predicted octanol–water partition coefficient (Wildman–Crippen LogP) is 3.28. The summed E-state index contributed by atoms with van der Waals surface area (Å²) in [7, 11) is 1.58. The molecule has 0 saturated carbocycles. The Hall–Kier alpha value is -2.09. The van der Waals surface area contributed by atoms with Crippen molar-refractivity contribution >= 4 is 5.71 Å². The number of oxime groups is 1. The lowest BCUT2D eigenvalue weighted by Gasteiger charge is -2.05. The molecule has 2 aromatic rings. The molecular formula is C15H15NO. The van der Waals surface area contributed by atoms with Gasteiger partial charge < -0.3 is 4.84 Å². The lowest BCUT2D eigenvalue weighted by Crippen LogP contribution is -2.05. The van der Waals surface area contributed by atoms with Crippen LogP contribution in [0, 0.1) is 0 Å². The molecule has 2 nitrogen and oxygen atoms in total. The van der Waals surface area contributed by atoms with Crippen molar-refractivity contribution in [2.75, 3.05) is 7.11 Å². The van der Waals surface area contributed by atoms with Crippen molar-refractivity contribution in [3.63, 3.8) is 0 Å². The van der Waals surface area contributed by atoms with Gasteiger partial charge in [-0.3, -0.25) is 0 Å². The van der Waals surface area contributed by atoms with Crippen LogP contribution in [0.1, 0.15) is 11.1 Å². The van der Waals surface area contributed by atoms with Gasteiger partial charge in [-0.15, -0.1) is 0 Å². The van der Waals surface area contributed by atoms with Gasteiger partial charge in [-0.1, -0.05) is 65.8 Å². The van der Waals surface area contributed by atoms with E-state index in [4.69, 9.17) is 4.84 Å². The molecule has 2 rings (SSSR count). The number of benzene rings is 2. The summed E-state index contributed by atoms with van der Waals surface area (Å²) in [6.07, 6.45) is 0.776. The molecule has 0 unspecified atom stereocenters. The maximum Gasteiger partial charge on any atom is 0.106 e. The molecule has 0 aliphatic carbocycles. The fourth-order valence-corrected chi connectivity index (χ4v) is 1.72. The summed E-state index contributed by atoms with van der Waals surface area (Å²) in [5.41, 5.74) is 3.27. The molecule has 0 bridgehead atoms. The summed E-state index contributed by atoms with van der Waals surface area (Å²) in [4.78, 5) is 4.92. The van der Waals surface area contributed by atoms with E-state index >= 15 is 0 Å². The van der Waals surface area contributed by atoms with Gasteiger partial charge in [0.25, 0.3) is 0 Å². The Morgan fingerprint density at radius 2 is 1.53 bits per heavy atom. The first kappa shape index (κ1) is 11.4. The van der Waals surface area contributed by atoms with E-state index in [1.165, 1.54) is 5.56 Å². The highest BCUT2D eigenvalue weighted by atomic mass is 16.6. The van der Waals surface area contributed by atoms with E-state index in [2.05, 4.69) is 17.3 Å². The van der Waals surface area contributed by atoms with Crippen LogP contribution in [0.5, 0.6) is 0 Å². The summed E-state index contributed by atoms with van der Waals surface area (Å²) in [6, 6.07) is 20.4. The zero-order valence-electron chi connectivity index (χ0n) is 9.84. The van der Waals surface area contributed by atoms with Gasteiger partial charge in [-0.25, -0.2) is 0 Å². The number of hydrogen-bond acceptors (Lipinski definition) is 2. The average Bonchev–Trinajstić information content (AvgIpc) is 2.40. The van der Waals surface area contributed by atoms with E-state index in [1.54, 1.807) is 7.11 Å². The quantitative estimate of drug-likeness (QED) is 0.578. The lowest BCUT2D eigenvalue weighted by atomic mass is 10.0. The zero-order valence-corrected chi connectivity index (χ0v) is 9.84. The van der Waals surface area contributed by atoms with Crippen LogP contribution in [0.4, 0.5) is 0 Å².